The van der Waals surface area contributed by atoms with Gasteiger partial charge in [0.2, 0.25) is 0 Å². The van der Waals surface area contributed by atoms with Crippen LogP contribution >= 0.6 is 0 Å². The first kappa shape index (κ1) is 20.8. The van der Waals surface area contributed by atoms with Crippen LogP contribution in [0.4, 0.5) is 0 Å². The number of aliphatic hydroxyl groups excluding tert-OH is 1. The maximum atomic E-state index is 13.7. The fraction of sp³-hybridized carbons (Fsp3) is 0.643. The number of hydrogen-bond acceptors (Lipinski definition) is 6. The zero-order chi connectivity index (χ0) is 23.5. The SMILES string of the molecule is O=C(C1=NC=CNC1O)N1C[C@H]2CC34CCC1C2C31CCN(CC2CC2)C4Cc2ccc(O)cc21. The minimum Gasteiger partial charge on any atom is -0.508 e. The molecule has 35 heavy (non-hydrogen) atoms. The summed E-state index contributed by atoms with van der Waals surface area (Å²) in [5.41, 5.74) is 3.27. The van der Waals surface area contributed by atoms with Gasteiger partial charge in [0.05, 0.1) is 0 Å². The molecule has 1 amide bonds. The quantitative estimate of drug-likeness (QED) is 0.625. The van der Waals surface area contributed by atoms with Gasteiger partial charge in [-0.15, -0.1) is 0 Å². The standard InChI is InChI=1S/C28H34N4O3/c33-19-4-3-17-11-22-27-6-5-21-23(28(27,20(17)12-19)7-10-31(22)14-16-1-2-16)18(13-27)15-32(21)26(35)24-25(34)30-9-8-29-24/h3-4,8-9,12,16,18,21-23,25,30,33-34H,1-2,5-7,10-11,13-15H2/t18-,21?,22?,23?,25?,27?,28?/m1/s1. The molecule has 7 nitrogen and oxygen atoms in total. The number of hydrogen-bond donors (Lipinski definition) is 3. The third-order valence-corrected chi connectivity index (χ3v) is 11.1. The number of aliphatic hydroxyl groups is 1. The number of piperidine rings is 1. The maximum absolute atomic E-state index is 13.7. The summed E-state index contributed by atoms with van der Waals surface area (Å²) < 4.78 is 0. The first-order valence-electron chi connectivity index (χ1n) is 13.6. The molecule has 184 valence electrons. The van der Waals surface area contributed by atoms with Gasteiger partial charge in [-0.05, 0) is 97.9 Å². The Labute approximate surface area is 205 Å². The molecule has 7 heteroatoms. The Hall–Kier alpha value is -2.38. The van der Waals surface area contributed by atoms with Crippen LogP contribution in [0.1, 0.15) is 49.7 Å². The average molecular weight is 475 g/mol. The van der Waals surface area contributed by atoms with Crippen molar-refractivity contribution in [3.63, 3.8) is 0 Å². The van der Waals surface area contributed by atoms with Crippen molar-refractivity contribution in [1.29, 1.82) is 0 Å². The molecule has 2 saturated heterocycles. The second-order valence-corrected chi connectivity index (χ2v) is 12.3. The van der Waals surface area contributed by atoms with Crippen molar-refractivity contribution < 1.29 is 15.0 Å². The summed E-state index contributed by atoms with van der Waals surface area (Å²) in [6.45, 7) is 3.14. The number of aliphatic imine (C=N–C) groups is 1. The smallest absolute Gasteiger partial charge is 0.273 e. The topological polar surface area (TPSA) is 88.4 Å². The van der Waals surface area contributed by atoms with Crippen LogP contribution in [-0.4, -0.2) is 69.6 Å². The second kappa shape index (κ2) is 6.88. The summed E-state index contributed by atoms with van der Waals surface area (Å²) in [6, 6.07) is 6.87. The molecular weight excluding hydrogens is 440 g/mol. The fourth-order valence-electron chi connectivity index (χ4n) is 9.90. The number of benzene rings is 1. The van der Waals surface area contributed by atoms with Crippen LogP contribution < -0.4 is 5.32 Å². The molecule has 3 heterocycles. The van der Waals surface area contributed by atoms with E-state index in [0.29, 0.717) is 23.6 Å². The predicted molar refractivity (Wildman–Crippen MR) is 131 cm³/mol. The number of carbonyl (C=O) groups is 1. The first-order chi connectivity index (χ1) is 17.0. The van der Waals surface area contributed by atoms with Crippen molar-refractivity contribution in [2.75, 3.05) is 19.6 Å². The van der Waals surface area contributed by atoms with Crippen LogP contribution in [0.25, 0.3) is 0 Å². The number of fused-ring (bicyclic) bond motifs is 1. The molecule has 0 aromatic heterocycles. The lowest BCUT2D eigenvalue weighted by molar-refractivity contribution is -0.134. The third-order valence-electron chi connectivity index (χ3n) is 11.1. The van der Waals surface area contributed by atoms with E-state index in [1.165, 1.54) is 36.9 Å². The van der Waals surface area contributed by atoms with Crippen LogP contribution in [0.3, 0.4) is 0 Å². The van der Waals surface area contributed by atoms with E-state index in [1.54, 1.807) is 12.4 Å². The summed E-state index contributed by atoms with van der Waals surface area (Å²) in [5.74, 6) is 2.02. The lowest BCUT2D eigenvalue weighted by atomic mass is 9.43. The molecule has 0 radical (unpaired) electrons. The molecule has 1 aromatic rings. The Morgan fingerprint density at radius 3 is 2.94 bits per heavy atom. The minimum atomic E-state index is -1.05. The molecule has 3 N–H and O–H groups in total. The summed E-state index contributed by atoms with van der Waals surface area (Å²) >= 11 is 0. The number of likely N-dealkylation sites (tertiary alicyclic amines) is 2. The minimum absolute atomic E-state index is 0.0256. The first-order valence-corrected chi connectivity index (χ1v) is 13.6. The predicted octanol–water partition coefficient (Wildman–Crippen LogP) is 2.13. The lowest BCUT2D eigenvalue weighted by Gasteiger charge is -2.66. The highest BCUT2D eigenvalue weighted by atomic mass is 16.3. The molecule has 3 aliphatic heterocycles. The number of nitrogens with zero attached hydrogens (tertiary/aromatic N) is 3. The lowest BCUT2D eigenvalue weighted by Crippen LogP contribution is -2.70. The molecular formula is C28H34N4O3. The molecule has 0 spiro atoms. The monoisotopic (exact) mass is 474 g/mol. The van der Waals surface area contributed by atoms with Gasteiger partial charge in [-0.25, -0.2) is 4.99 Å². The van der Waals surface area contributed by atoms with Crippen LogP contribution in [0.5, 0.6) is 5.75 Å². The zero-order valence-corrected chi connectivity index (χ0v) is 20.1. The van der Waals surface area contributed by atoms with Gasteiger partial charge in [0, 0.05) is 43.0 Å². The second-order valence-electron chi connectivity index (χ2n) is 12.3. The molecule has 3 saturated carbocycles. The van der Waals surface area contributed by atoms with E-state index >= 15 is 0 Å². The summed E-state index contributed by atoms with van der Waals surface area (Å²) in [5, 5.41) is 23.8. The van der Waals surface area contributed by atoms with Crippen LogP contribution in [0, 0.1) is 23.2 Å². The van der Waals surface area contributed by atoms with E-state index < -0.39 is 6.23 Å². The van der Waals surface area contributed by atoms with Crippen molar-refractivity contribution in [3.8, 4) is 5.75 Å². The van der Waals surface area contributed by atoms with Gasteiger partial charge in [0.15, 0.2) is 11.9 Å². The van der Waals surface area contributed by atoms with Gasteiger partial charge in [0.25, 0.3) is 5.91 Å². The van der Waals surface area contributed by atoms with E-state index in [2.05, 4.69) is 32.2 Å². The Balaban J connectivity index is 1.23. The molecule has 8 rings (SSSR count). The van der Waals surface area contributed by atoms with Crippen molar-refractivity contribution in [3.05, 3.63) is 41.7 Å². The average Bonchev–Trinajstić information content (AvgIpc) is 3.54. The maximum Gasteiger partial charge on any atom is 0.273 e. The number of aromatic hydroxyl groups is 1. The van der Waals surface area contributed by atoms with E-state index in [-0.39, 0.29) is 28.5 Å². The number of phenolic OH excluding ortho intramolecular Hbond substituents is 1. The highest BCUT2D eigenvalue weighted by Crippen LogP contribution is 2.75. The van der Waals surface area contributed by atoms with Gasteiger partial charge >= 0.3 is 0 Å². The van der Waals surface area contributed by atoms with Crippen LogP contribution in [0.15, 0.2) is 35.6 Å². The summed E-state index contributed by atoms with van der Waals surface area (Å²) in [4.78, 5) is 22.8. The van der Waals surface area contributed by atoms with Crippen molar-refractivity contribution >= 4 is 11.6 Å². The number of rotatable bonds is 3. The number of nitrogens with one attached hydrogen (secondary N) is 1. The summed E-state index contributed by atoms with van der Waals surface area (Å²) in [7, 11) is 0. The van der Waals surface area contributed by atoms with E-state index in [9.17, 15) is 15.0 Å². The van der Waals surface area contributed by atoms with E-state index in [4.69, 9.17) is 0 Å². The third kappa shape index (κ3) is 2.53. The van der Waals surface area contributed by atoms with E-state index in [0.717, 1.165) is 44.7 Å². The molecule has 7 aliphatic rings. The molecule has 4 bridgehead atoms. The van der Waals surface area contributed by atoms with Crippen LogP contribution in [0.2, 0.25) is 0 Å². The normalized spacial score (nSPS) is 42.8. The summed E-state index contributed by atoms with van der Waals surface area (Å²) in [6.07, 6.45) is 10.4. The Kier molecular flexibility index (Phi) is 4.09. The van der Waals surface area contributed by atoms with Crippen molar-refractivity contribution in [2.24, 2.45) is 28.2 Å². The number of carbonyl (C=O) groups excluding carboxylic acids is 1. The van der Waals surface area contributed by atoms with Gasteiger partial charge < -0.3 is 20.4 Å². The van der Waals surface area contributed by atoms with Gasteiger partial charge in [0.1, 0.15) is 5.75 Å². The highest BCUT2D eigenvalue weighted by molar-refractivity contribution is 6.40. The largest absolute Gasteiger partial charge is 0.508 e. The Bertz CT molecular complexity index is 1180. The number of phenols is 1. The Morgan fingerprint density at radius 1 is 1.23 bits per heavy atom. The van der Waals surface area contributed by atoms with Crippen molar-refractivity contribution in [2.45, 2.75) is 68.7 Å². The molecule has 1 aromatic carbocycles. The van der Waals surface area contributed by atoms with Crippen molar-refractivity contribution in [1.82, 2.24) is 15.1 Å². The fourth-order valence-corrected chi connectivity index (χ4v) is 9.90. The van der Waals surface area contributed by atoms with Gasteiger partial charge in [-0.2, -0.15) is 0 Å². The van der Waals surface area contributed by atoms with E-state index in [1.807, 2.05) is 6.07 Å². The molecule has 6 unspecified atom stereocenters. The van der Waals surface area contributed by atoms with Gasteiger partial charge in [-0.3, -0.25) is 9.69 Å². The zero-order valence-electron chi connectivity index (χ0n) is 20.1. The Morgan fingerprint density at radius 2 is 2.11 bits per heavy atom. The molecule has 7 atom stereocenters. The van der Waals surface area contributed by atoms with Crippen LogP contribution in [-0.2, 0) is 16.6 Å². The highest BCUT2D eigenvalue weighted by Gasteiger charge is 2.76. The molecule has 5 fully saturated rings. The molecule has 4 aliphatic carbocycles. The van der Waals surface area contributed by atoms with Gasteiger partial charge in [-0.1, -0.05) is 6.07 Å². The number of amides is 1.